The maximum absolute atomic E-state index is 2.47. The Morgan fingerprint density at radius 3 is 2.37 bits per heavy atom. The van der Waals surface area contributed by atoms with Crippen LogP contribution >= 0.6 is 0 Å². The minimum Gasteiger partial charge on any atom is -0.0845 e. The quantitative estimate of drug-likeness (QED) is 0.636. The molecule has 3 aliphatic rings. The lowest BCUT2D eigenvalue weighted by Gasteiger charge is -2.42. The molecule has 3 aliphatic carbocycles. The fraction of sp³-hybridized carbons (Fsp3) is 0.263. The maximum Gasteiger partial charge on any atom is -0.00152 e. The zero-order valence-electron chi connectivity index (χ0n) is 10.8. The lowest BCUT2D eigenvalue weighted by Crippen LogP contribution is -2.28. The Labute approximate surface area is 113 Å². The van der Waals surface area contributed by atoms with Crippen LogP contribution in [0.15, 0.2) is 60.7 Å². The third-order valence-electron chi connectivity index (χ3n) is 5.38. The summed E-state index contributed by atoms with van der Waals surface area (Å²) in [5, 5.41) is 0. The zero-order chi connectivity index (χ0) is 12.4. The highest BCUT2D eigenvalue weighted by Crippen LogP contribution is 2.66. The van der Waals surface area contributed by atoms with Crippen molar-refractivity contribution in [2.24, 2.45) is 11.8 Å². The van der Waals surface area contributed by atoms with Crippen molar-refractivity contribution in [3.05, 3.63) is 71.8 Å². The Morgan fingerprint density at radius 1 is 0.737 bits per heavy atom. The van der Waals surface area contributed by atoms with Crippen molar-refractivity contribution in [2.75, 3.05) is 0 Å². The molecule has 0 heterocycles. The van der Waals surface area contributed by atoms with Crippen LogP contribution in [0, 0.1) is 11.8 Å². The first kappa shape index (κ1) is 10.0. The fourth-order valence-electron chi connectivity index (χ4n) is 4.66. The molecule has 0 unspecified atom stereocenters. The van der Waals surface area contributed by atoms with Crippen LogP contribution in [0.4, 0.5) is 0 Å². The van der Waals surface area contributed by atoms with Crippen molar-refractivity contribution < 1.29 is 0 Å². The van der Waals surface area contributed by atoms with Gasteiger partial charge in [0, 0.05) is 0 Å². The van der Waals surface area contributed by atoms with E-state index in [-0.39, 0.29) is 0 Å². The van der Waals surface area contributed by atoms with Crippen molar-refractivity contribution in [1.82, 2.24) is 0 Å². The van der Waals surface area contributed by atoms with Gasteiger partial charge in [0.15, 0.2) is 0 Å². The second kappa shape index (κ2) is 3.39. The summed E-state index contributed by atoms with van der Waals surface area (Å²) in [5.74, 6) is 3.27. The molecule has 0 nitrogen and oxygen atoms in total. The monoisotopic (exact) mass is 244 g/mol. The van der Waals surface area contributed by atoms with Crippen molar-refractivity contribution in [2.45, 2.75) is 18.3 Å². The molecule has 0 saturated heterocycles. The van der Waals surface area contributed by atoms with Gasteiger partial charge in [-0.1, -0.05) is 60.7 Å². The molecule has 0 aliphatic heterocycles. The summed E-state index contributed by atoms with van der Waals surface area (Å²) in [6.07, 6.45) is 6.32. The maximum atomic E-state index is 2.47. The second-order valence-corrected chi connectivity index (χ2v) is 6.17. The molecule has 4 atom stereocenters. The fourth-order valence-corrected chi connectivity index (χ4v) is 4.66. The molecule has 0 radical (unpaired) electrons. The van der Waals surface area contributed by atoms with E-state index in [1.165, 1.54) is 17.5 Å². The van der Waals surface area contributed by atoms with E-state index in [1.807, 2.05) is 0 Å². The van der Waals surface area contributed by atoms with Crippen LogP contribution in [-0.4, -0.2) is 0 Å². The van der Waals surface area contributed by atoms with Gasteiger partial charge < -0.3 is 0 Å². The van der Waals surface area contributed by atoms with Crippen LogP contribution < -0.4 is 0 Å². The van der Waals surface area contributed by atoms with Gasteiger partial charge in [0.1, 0.15) is 0 Å². The summed E-state index contributed by atoms with van der Waals surface area (Å²) in [5.41, 5.74) is 6.13. The molecular formula is C19H16. The molecule has 0 spiro atoms. The molecular weight excluding hydrogens is 228 g/mol. The molecule has 19 heavy (non-hydrogen) atoms. The van der Waals surface area contributed by atoms with Gasteiger partial charge in [-0.2, -0.15) is 0 Å². The minimum absolute atomic E-state index is 0.807. The number of hydrogen-bond donors (Lipinski definition) is 0. The third-order valence-corrected chi connectivity index (χ3v) is 5.38. The highest BCUT2D eigenvalue weighted by atomic mass is 14.6. The van der Waals surface area contributed by atoms with E-state index in [0.717, 1.165) is 23.7 Å². The Balaban J connectivity index is 1.71. The van der Waals surface area contributed by atoms with E-state index in [0.29, 0.717) is 0 Å². The third kappa shape index (κ3) is 1.15. The van der Waals surface area contributed by atoms with Crippen molar-refractivity contribution in [3.8, 4) is 11.1 Å². The van der Waals surface area contributed by atoms with Crippen LogP contribution in [0.1, 0.15) is 29.4 Å². The van der Waals surface area contributed by atoms with Gasteiger partial charge in [0.25, 0.3) is 0 Å². The van der Waals surface area contributed by atoms with Gasteiger partial charge in [0.05, 0.1) is 0 Å². The predicted octanol–water partition coefficient (Wildman–Crippen LogP) is 4.74. The Hall–Kier alpha value is -1.82. The summed E-state index contributed by atoms with van der Waals surface area (Å²) in [6, 6.07) is 17.8. The van der Waals surface area contributed by atoms with E-state index in [2.05, 4.69) is 60.7 Å². The van der Waals surface area contributed by atoms with Crippen molar-refractivity contribution >= 4 is 0 Å². The smallest absolute Gasteiger partial charge is 0.00152 e. The van der Waals surface area contributed by atoms with E-state index in [9.17, 15) is 0 Å². The first-order valence-corrected chi connectivity index (χ1v) is 7.30. The van der Waals surface area contributed by atoms with E-state index < -0.39 is 0 Å². The molecule has 2 bridgehead atoms. The average molecular weight is 244 g/mol. The summed E-state index contributed by atoms with van der Waals surface area (Å²) < 4.78 is 0. The van der Waals surface area contributed by atoms with E-state index >= 15 is 0 Å². The molecule has 0 aromatic heterocycles. The Morgan fingerprint density at radius 2 is 1.53 bits per heavy atom. The lowest BCUT2D eigenvalue weighted by molar-refractivity contribution is 0.445. The molecule has 0 heteroatoms. The molecule has 1 fully saturated rings. The highest BCUT2D eigenvalue weighted by molar-refractivity contribution is 5.74. The molecule has 2 aromatic carbocycles. The number of allylic oxidation sites excluding steroid dienone is 2. The number of rotatable bonds is 1. The normalized spacial score (nSPS) is 32.8. The van der Waals surface area contributed by atoms with E-state index in [1.54, 1.807) is 11.1 Å². The second-order valence-electron chi connectivity index (χ2n) is 6.17. The van der Waals surface area contributed by atoms with Crippen LogP contribution in [0.2, 0.25) is 0 Å². The van der Waals surface area contributed by atoms with Crippen LogP contribution in [-0.2, 0) is 0 Å². The molecule has 2 aromatic rings. The van der Waals surface area contributed by atoms with Gasteiger partial charge >= 0.3 is 0 Å². The summed E-state index contributed by atoms with van der Waals surface area (Å²) in [6.45, 7) is 0. The molecule has 0 amide bonds. The standard InChI is InChI=1S/C19H16/c1-2-5-12(6-3-1)15-7-4-8-16-17-13-9-10-14(11-13)18(17)19(15)16/h1-10,13-14,17-18H,11H2/t13-,14+,17-,18-/m0/s1. The zero-order valence-corrected chi connectivity index (χ0v) is 10.8. The van der Waals surface area contributed by atoms with Gasteiger partial charge in [-0.15, -0.1) is 0 Å². The van der Waals surface area contributed by atoms with Crippen LogP contribution in [0.25, 0.3) is 11.1 Å². The van der Waals surface area contributed by atoms with Gasteiger partial charge in [-0.25, -0.2) is 0 Å². The largest absolute Gasteiger partial charge is 0.0845 e. The number of benzene rings is 2. The predicted molar refractivity (Wildman–Crippen MR) is 78.1 cm³/mol. The van der Waals surface area contributed by atoms with Gasteiger partial charge in [-0.05, 0) is 52.3 Å². The number of hydrogen-bond acceptors (Lipinski definition) is 0. The average Bonchev–Trinajstić information content (AvgIpc) is 3.01. The molecule has 92 valence electrons. The summed E-state index contributed by atoms with van der Waals surface area (Å²) in [4.78, 5) is 0. The Bertz CT molecular complexity index is 680. The van der Waals surface area contributed by atoms with E-state index in [4.69, 9.17) is 0 Å². The molecule has 0 N–H and O–H groups in total. The van der Waals surface area contributed by atoms with Crippen molar-refractivity contribution in [1.29, 1.82) is 0 Å². The van der Waals surface area contributed by atoms with Gasteiger partial charge in [-0.3, -0.25) is 0 Å². The molecule has 1 saturated carbocycles. The number of fused-ring (bicyclic) bond motifs is 8. The SMILES string of the molecule is C1=C[C@H]2C[C@@H]1[C@@H]1c3c(-c4ccccc4)cccc3[C@@H]12. The highest BCUT2D eigenvalue weighted by Gasteiger charge is 2.53. The lowest BCUT2D eigenvalue weighted by atomic mass is 9.61. The van der Waals surface area contributed by atoms with Crippen molar-refractivity contribution in [3.63, 3.8) is 0 Å². The first-order valence-electron chi connectivity index (χ1n) is 7.30. The molecule has 5 rings (SSSR count). The van der Waals surface area contributed by atoms with Crippen LogP contribution in [0.3, 0.4) is 0 Å². The Kier molecular flexibility index (Phi) is 1.79. The first-order chi connectivity index (χ1) is 9.43. The topological polar surface area (TPSA) is 0 Å². The summed E-state index contributed by atoms with van der Waals surface area (Å²) in [7, 11) is 0. The summed E-state index contributed by atoms with van der Waals surface area (Å²) >= 11 is 0. The van der Waals surface area contributed by atoms with Crippen LogP contribution in [0.5, 0.6) is 0 Å². The van der Waals surface area contributed by atoms with Gasteiger partial charge in [0.2, 0.25) is 0 Å². The minimum atomic E-state index is 0.807.